The molecule has 1 aliphatic rings. The number of anilines is 1. The van der Waals surface area contributed by atoms with Gasteiger partial charge in [-0.1, -0.05) is 42.5 Å². The largest absolute Gasteiger partial charge is 0.376 e. The van der Waals surface area contributed by atoms with Crippen molar-refractivity contribution in [1.29, 1.82) is 0 Å². The molecule has 0 saturated heterocycles. The number of rotatable bonds is 7. The average molecular weight is 337 g/mol. The summed E-state index contributed by atoms with van der Waals surface area (Å²) in [5.74, 6) is -0.211. The Balaban J connectivity index is 1.56. The Labute approximate surface area is 147 Å². The van der Waals surface area contributed by atoms with E-state index in [4.69, 9.17) is 0 Å². The fourth-order valence-electron chi connectivity index (χ4n) is 2.62. The monoisotopic (exact) mass is 337 g/mol. The highest BCUT2D eigenvalue weighted by Crippen LogP contribution is 2.21. The summed E-state index contributed by atoms with van der Waals surface area (Å²) in [6.45, 7) is 2.06. The highest BCUT2D eigenvalue weighted by Gasteiger charge is 2.24. The zero-order valence-electron chi connectivity index (χ0n) is 14.3. The summed E-state index contributed by atoms with van der Waals surface area (Å²) in [4.78, 5) is 24.5. The van der Waals surface area contributed by atoms with Crippen LogP contribution in [0.3, 0.4) is 0 Å². The topological polar surface area (TPSA) is 70.2 Å². The lowest BCUT2D eigenvalue weighted by atomic mass is 10.1. The molecule has 0 bridgehead atoms. The Morgan fingerprint density at radius 1 is 1.04 bits per heavy atom. The molecule has 1 fully saturated rings. The first-order valence-electron chi connectivity index (χ1n) is 8.61. The van der Waals surface area contributed by atoms with Crippen LogP contribution in [0.2, 0.25) is 0 Å². The minimum absolute atomic E-state index is 0.0658. The molecular weight excluding hydrogens is 314 g/mol. The number of nitrogens with one attached hydrogen (secondary N) is 3. The first-order chi connectivity index (χ1) is 12.1. The van der Waals surface area contributed by atoms with Gasteiger partial charge in [0.25, 0.3) is 5.91 Å². The van der Waals surface area contributed by atoms with Gasteiger partial charge in [0.05, 0.1) is 18.2 Å². The second kappa shape index (κ2) is 7.83. The van der Waals surface area contributed by atoms with Gasteiger partial charge in [0.2, 0.25) is 5.91 Å². The van der Waals surface area contributed by atoms with Crippen molar-refractivity contribution < 1.29 is 9.59 Å². The average Bonchev–Trinajstić information content (AvgIpc) is 3.45. The summed E-state index contributed by atoms with van der Waals surface area (Å²) in [5.41, 5.74) is 2.29. The predicted molar refractivity (Wildman–Crippen MR) is 98.4 cm³/mol. The van der Waals surface area contributed by atoms with Crippen LogP contribution in [-0.4, -0.2) is 24.4 Å². The third-order valence-electron chi connectivity index (χ3n) is 4.20. The molecule has 5 nitrogen and oxygen atoms in total. The molecule has 0 aromatic heterocycles. The van der Waals surface area contributed by atoms with Gasteiger partial charge in [-0.15, -0.1) is 0 Å². The van der Waals surface area contributed by atoms with Crippen molar-refractivity contribution in [3.05, 3.63) is 65.7 Å². The predicted octanol–water partition coefficient (Wildman–Crippen LogP) is 2.87. The molecule has 2 aromatic carbocycles. The summed E-state index contributed by atoms with van der Waals surface area (Å²) in [6, 6.07) is 17.3. The third kappa shape index (κ3) is 4.83. The summed E-state index contributed by atoms with van der Waals surface area (Å²) in [6.07, 6.45) is 2.09. The van der Waals surface area contributed by atoms with Gasteiger partial charge < -0.3 is 16.0 Å². The number of benzene rings is 2. The zero-order chi connectivity index (χ0) is 17.6. The van der Waals surface area contributed by atoms with Crippen LogP contribution in [-0.2, 0) is 4.79 Å². The van der Waals surface area contributed by atoms with E-state index in [1.165, 1.54) is 0 Å². The van der Waals surface area contributed by atoms with E-state index in [1.807, 2.05) is 55.5 Å². The molecule has 2 amide bonds. The number of amides is 2. The van der Waals surface area contributed by atoms with Crippen LogP contribution in [0, 0.1) is 0 Å². The van der Waals surface area contributed by atoms with Crippen molar-refractivity contribution in [3.8, 4) is 0 Å². The van der Waals surface area contributed by atoms with Gasteiger partial charge in [-0.05, 0) is 37.5 Å². The lowest BCUT2D eigenvalue weighted by molar-refractivity contribution is -0.120. The molecule has 130 valence electrons. The smallest absolute Gasteiger partial charge is 0.253 e. The highest BCUT2D eigenvalue weighted by molar-refractivity contribution is 6.00. The molecule has 5 heteroatoms. The van der Waals surface area contributed by atoms with Crippen molar-refractivity contribution in [2.75, 3.05) is 11.9 Å². The zero-order valence-corrected chi connectivity index (χ0v) is 14.3. The Bertz CT molecular complexity index is 742. The Kier molecular flexibility index (Phi) is 5.33. The molecule has 1 aliphatic carbocycles. The fourth-order valence-corrected chi connectivity index (χ4v) is 2.62. The van der Waals surface area contributed by atoms with E-state index in [1.54, 1.807) is 6.07 Å². The molecule has 0 spiro atoms. The van der Waals surface area contributed by atoms with Gasteiger partial charge in [0, 0.05) is 11.7 Å². The molecule has 3 N–H and O–H groups in total. The minimum Gasteiger partial charge on any atom is -0.376 e. The lowest BCUT2D eigenvalue weighted by Crippen LogP contribution is -2.32. The Morgan fingerprint density at radius 2 is 1.72 bits per heavy atom. The number of hydrogen-bond donors (Lipinski definition) is 3. The molecule has 1 unspecified atom stereocenters. The molecule has 0 aliphatic heterocycles. The van der Waals surface area contributed by atoms with E-state index in [2.05, 4.69) is 16.0 Å². The van der Waals surface area contributed by atoms with Crippen molar-refractivity contribution in [3.63, 3.8) is 0 Å². The molecule has 1 saturated carbocycles. The Morgan fingerprint density at radius 3 is 2.44 bits per heavy atom. The second-order valence-corrected chi connectivity index (χ2v) is 6.35. The minimum atomic E-state index is -0.117. The number of carbonyl (C=O) groups is 2. The molecule has 0 heterocycles. The number of hydrogen-bond acceptors (Lipinski definition) is 3. The quantitative estimate of drug-likeness (QED) is 0.727. The molecule has 0 radical (unpaired) electrons. The van der Waals surface area contributed by atoms with Crippen molar-refractivity contribution in [1.82, 2.24) is 10.6 Å². The van der Waals surface area contributed by atoms with E-state index in [9.17, 15) is 9.59 Å². The van der Waals surface area contributed by atoms with Crippen LogP contribution >= 0.6 is 0 Å². The maximum absolute atomic E-state index is 12.3. The first-order valence-corrected chi connectivity index (χ1v) is 8.61. The van der Waals surface area contributed by atoms with Gasteiger partial charge in [0.1, 0.15) is 0 Å². The van der Waals surface area contributed by atoms with Crippen LogP contribution < -0.4 is 16.0 Å². The molecule has 25 heavy (non-hydrogen) atoms. The summed E-state index contributed by atoms with van der Waals surface area (Å²) in [7, 11) is 0. The van der Waals surface area contributed by atoms with Gasteiger partial charge in [-0.2, -0.15) is 0 Å². The van der Waals surface area contributed by atoms with Crippen molar-refractivity contribution in [2.24, 2.45) is 0 Å². The standard InChI is InChI=1S/C20H23N3O2/c1-14(15-7-3-2-4-8-15)22-19(24)13-21-18-10-6-5-9-17(18)20(25)23-16-11-12-16/h2-10,14,16,21H,11-13H2,1H3,(H,22,24)(H,23,25). The van der Waals surface area contributed by atoms with Crippen molar-refractivity contribution >= 4 is 17.5 Å². The van der Waals surface area contributed by atoms with Gasteiger partial charge in [0.15, 0.2) is 0 Å². The van der Waals surface area contributed by atoms with Crippen LogP contribution in [0.5, 0.6) is 0 Å². The summed E-state index contributed by atoms with van der Waals surface area (Å²) >= 11 is 0. The van der Waals surface area contributed by atoms with E-state index in [-0.39, 0.29) is 24.4 Å². The summed E-state index contributed by atoms with van der Waals surface area (Å²) < 4.78 is 0. The van der Waals surface area contributed by atoms with E-state index >= 15 is 0 Å². The first kappa shape index (κ1) is 17.0. The SMILES string of the molecule is CC(NC(=O)CNc1ccccc1C(=O)NC1CC1)c1ccccc1. The van der Waals surface area contributed by atoms with Gasteiger partial charge in [-0.3, -0.25) is 9.59 Å². The van der Waals surface area contributed by atoms with Crippen LogP contribution in [0.1, 0.15) is 41.7 Å². The number of para-hydroxylation sites is 1. The maximum atomic E-state index is 12.3. The van der Waals surface area contributed by atoms with E-state index in [0.717, 1.165) is 18.4 Å². The molecular formula is C20H23N3O2. The third-order valence-corrected chi connectivity index (χ3v) is 4.20. The molecule has 3 rings (SSSR count). The van der Waals surface area contributed by atoms with Crippen LogP contribution in [0.15, 0.2) is 54.6 Å². The van der Waals surface area contributed by atoms with E-state index in [0.29, 0.717) is 17.3 Å². The molecule has 2 aromatic rings. The van der Waals surface area contributed by atoms with Gasteiger partial charge >= 0.3 is 0 Å². The van der Waals surface area contributed by atoms with E-state index < -0.39 is 0 Å². The Hall–Kier alpha value is -2.82. The summed E-state index contributed by atoms with van der Waals surface area (Å²) in [5, 5.41) is 9.00. The number of carbonyl (C=O) groups excluding carboxylic acids is 2. The van der Waals surface area contributed by atoms with Crippen molar-refractivity contribution in [2.45, 2.75) is 31.8 Å². The van der Waals surface area contributed by atoms with Gasteiger partial charge in [-0.25, -0.2) is 0 Å². The van der Waals surface area contributed by atoms with Crippen LogP contribution in [0.4, 0.5) is 5.69 Å². The second-order valence-electron chi connectivity index (χ2n) is 6.35. The highest BCUT2D eigenvalue weighted by atomic mass is 16.2. The normalized spacial score (nSPS) is 14.4. The van der Waals surface area contributed by atoms with Crippen LogP contribution in [0.25, 0.3) is 0 Å². The maximum Gasteiger partial charge on any atom is 0.253 e. The fraction of sp³-hybridized carbons (Fsp3) is 0.300. The lowest BCUT2D eigenvalue weighted by Gasteiger charge is -2.16. The molecule has 1 atom stereocenters.